The average Bonchev–Trinajstić information content (AvgIpc) is 3.76. The third kappa shape index (κ3) is 6.12. The van der Waals surface area contributed by atoms with Gasteiger partial charge in [0.05, 0.1) is 34.2 Å². The number of carbonyl (C=O) groups excluding carboxylic acids is 1. The van der Waals surface area contributed by atoms with Crippen molar-refractivity contribution in [3.05, 3.63) is 47.3 Å². The molecular weight excluding hydrogens is 484 g/mol. The number of thioether (sulfide) groups is 1. The van der Waals surface area contributed by atoms with Gasteiger partial charge in [-0.3, -0.25) is 9.79 Å². The monoisotopic (exact) mass is 518 g/mol. The molecule has 1 aliphatic rings. The lowest BCUT2D eigenvalue weighted by atomic mass is 10.1. The second-order valence-corrected chi connectivity index (χ2v) is 10.2. The number of hydrogen-bond donors (Lipinski definition) is 1. The van der Waals surface area contributed by atoms with E-state index in [0.29, 0.717) is 29.8 Å². The molecule has 1 N–H and O–H groups in total. The number of nitrogens with one attached hydrogen (secondary N) is 1. The van der Waals surface area contributed by atoms with Crippen LogP contribution in [0.2, 0.25) is 0 Å². The minimum Gasteiger partial charge on any atom is -0.355 e. The minimum atomic E-state index is 0.213. The van der Waals surface area contributed by atoms with Crippen LogP contribution in [0.25, 0.3) is 11.4 Å². The maximum absolute atomic E-state index is 12.0. The number of aliphatic imine (C=N–C) groups is 1. The van der Waals surface area contributed by atoms with Gasteiger partial charge in [-0.2, -0.15) is 0 Å². The lowest BCUT2D eigenvalue weighted by molar-refractivity contribution is -0.102. The van der Waals surface area contributed by atoms with Gasteiger partial charge in [-0.25, -0.2) is 24.9 Å². The highest BCUT2D eigenvalue weighted by atomic mass is 32.2. The molecule has 37 heavy (non-hydrogen) atoms. The van der Waals surface area contributed by atoms with Gasteiger partial charge in [0.1, 0.15) is 12.0 Å². The summed E-state index contributed by atoms with van der Waals surface area (Å²) in [6, 6.07) is 4.14. The van der Waals surface area contributed by atoms with Crippen LogP contribution < -0.4 is 10.2 Å². The molecular formula is C27H34N8OS. The van der Waals surface area contributed by atoms with Crippen LogP contribution in [0.15, 0.2) is 34.7 Å². The number of amidine groups is 1. The van der Waals surface area contributed by atoms with E-state index in [1.807, 2.05) is 39.3 Å². The van der Waals surface area contributed by atoms with Crippen molar-refractivity contribution in [3.63, 3.8) is 0 Å². The van der Waals surface area contributed by atoms with Crippen LogP contribution >= 0.6 is 11.8 Å². The highest BCUT2D eigenvalue weighted by Crippen LogP contribution is 2.44. The number of aromatic nitrogens is 5. The number of hydrogen-bond acceptors (Lipinski definition) is 9. The molecule has 4 rings (SSSR count). The lowest BCUT2D eigenvalue weighted by Gasteiger charge is -2.28. The van der Waals surface area contributed by atoms with E-state index in [0.717, 1.165) is 58.8 Å². The van der Waals surface area contributed by atoms with Gasteiger partial charge < -0.3 is 10.2 Å². The smallest absolute Gasteiger partial charge is 0.185 e. The number of rotatable bonds is 10. The van der Waals surface area contributed by atoms with Crippen molar-refractivity contribution in [1.29, 1.82) is 0 Å². The maximum Gasteiger partial charge on any atom is 0.185 e. The molecule has 3 heterocycles. The van der Waals surface area contributed by atoms with Crippen LogP contribution in [0.1, 0.15) is 61.7 Å². The van der Waals surface area contributed by atoms with Gasteiger partial charge in [-0.15, -0.1) is 11.8 Å². The minimum absolute atomic E-state index is 0.213. The molecule has 0 aliphatic heterocycles. The molecule has 3 aromatic heterocycles. The summed E-state index contributed by atoms with van der Waals surface area (Å²) in [5.41, 5.74) is 5.10. The van der Waals surface area contributed by atoms with Crippen LogP contribution in [0.4, 0.5) is 11.5 Å². The van der Waals surface area contributed by atoms with Crippen LogP contribution in [-0.4, -0.2) is 56.4 Å². The Labute approximate surface area is 222 Å². The highest BCUT2D eigenvalue weighted by molar-refractivity contribution is 7.98. The lowest BCUT2D eigenvalue weighted by Crippen LogP contribution is -2.31. The maximum atomic E-state index is 12.0. The predicted octanol–water partition coefficient (Wildman–Crippen LogP) is 4.99. The quantitative estimate of drug-likeness (QED) is 0.172. The molecule has 194 valence electrons. The molecule has 0 saturated heterocycles. The van der Waals surface area contributed by atoms with Crippen molar-refractivity contribution in [2.75, 3.05) is 23.5 Å². The Morgan fingerprint density at radius 3 is 2.62 bits per heavy atom. The van der Waals surface area contributed by atoms with Gasteiger partial charge in [0.25, 0.3) is 0 Å². The molecule has 1 fully saturated rings. The van der Waals surface area contributed by atoms with Gasteiger partial charge in [0.2, 0.25) is 0 Å². The molecule has 10 heteroatoms. The molecule has 0 unspecified atom stereocenters. The third-order valence-electron chi connectivity index (χ3n) is 6.71. The molecule has 0 spiro atoms. The Bertz CT molecular complexity index is 1290. The summed E-state index contributed by atoms with van der Waals surface area (Å²) in [6.45, 7) is 8.52. The summed E-state index contributed by atoms with van der Waals surface area (Å²) in [7, 11) is 2.01. The van der Waals surface area contributed by atoms with Gasteiger partial charge in [0, 0.05) is 25.2 Å². The van der Waals surface area contributed by atoms with Crippen molar-refractivity contribution in [2.24, 2.45) is 4.99 Å². The summed E-state index contributed by atoms with van der Waals surface area (Å²) >= 11 is 1.58. The van der Waals surface area contributed by atoms with E-state index in [-0.39, 0.29) is 11.9 Å². The zero-order valence-electron chi connectivity index (χ0n) is 22.3. The number of aldehydes is 1. The molecule has 1 aliphatic carbocycles. The molecule has 0 amide bonds. The normalized spacial score (nSPS) is 14.4. The zero-order chi connectivity index (χ0) is 26.5. The summed E-state index contributed by atoms with van der Waals surface area (Å²) in [5.74, 6) is 1.97. The van der Waals surface area contributed by atoms with Crippen molar-refractivity contribution in [1.82, 2.24) is 24.9 Å². The summed E-state index contributed by atoms with van der Waals surface area (Å²) in [5, 5.41) is 4.16. The SMILES string of the molecule is CC[C@@H](C)N(C)c1nc(-c2c(C)ncnc2C2CC2)nc(C)c1NC(C=O)=NCc1ccc(SC)nc1. The first-order valence-corrected chi connectivity index (χ1v) is 13.8. The van der Waals surface area contributed by atoms with Crippen molar-refractivity contribution < 1.29 is 4.79 Å². The summed E-state index contributed by atoms with van der Waals surface area (Å²) in [4.78, 5) is 41.9. The average molecular weight is 519 g/mol. The van der Waals surface area contributed by atoms with E-state index in [9.17, 15) is 4.79 Å². The standard InChI is InChI=1S/C27H34N8OS/c1-7-16(2)35(5)27-24(33-21(14-36)28-12-19-8-11-22(37-6)29-13-19)18(4)32-26(34-27)23-17(3)30-15-31-25(23)20-9-10-20/h8,11,13-16,20H,7,9-10,12H2,1-6H3,(H,28,33)/t16-/m1/s1. The van der Waals surface area contributed by atoms with E-state index in [4.69, 9.17) is 9.97 Å². The van der Waals surface area contributed by atoms with E-state index in [1.165, 1.54) is 0 Å². The molecule has 3 aromatic rings. The molecule has 0 bridgehead atoms. The topological polar surface area (TPSA) is 109 Å². The largest absolute Gasteiger partial charge is 0.355 e. The van der Waals surface area contributed by atoms with Crippen LogP contribution in [0.3, 0.4) is 0 Å². The van der Waals surface area contributed by atoms with Gasteiger partial charge in [-0.1, -0.05) is 13.0 Å². The Morgan fingerprint density at radius 1 is 1.22 bits per heavy atom. The van der Waals surface area contributed by atoms with Crippen molar-refractivity contribution >= 4 is 35.4 Å². The predicted molar refractivity (Wildman–Crippen MR) is 150 cm³/mol. The summed E-state index contributed by atoms with van der Waals surface area (Å²) in [6.07, 6.45) is 9.29. The number of aryl methyl sites for hydroxylation is 2. The Balaban J connectivity index is 1.73. The Morgan fingerprint density at radius 2 is 2.00 bits per heavy atom. The number of anilines is 2. The van der Waals surface area contributed by atoms with Crippen molar-refractivity contribution in [3.8, 4) is 11.4 Å². The van der Waals surface area contributed by atoms with Gasteiger partial charge in [0.15, 0.2) is 23.8 Å². The highest BCUT2D eigenvalue weighted by Gasteiger charge is 2.31. The Hall–Kier alpha value is -3.40. The second-order valence-electron chi connectivity index (χ2n) is 9.35. The van der Waals surface area contributed by atoms with E-state index < -0.39 is 0 Å². The molecule has 0 radical (unpaired) electrons. The van der Waals surface area contributed by atoms with E-state index in [2.05, 4.69) is 44.0 Å². The van der Waals surface area contributed by atoms with E-state index in [1.54, 1.807) is 24.3 Å². The second kappa shape index (κ2) is 11.8. The fourth-order valence-corrected chi connectivity index (χ4v) is 4.39. The first-order chi connectivity index (χ1) is 17.9. The van der Waals surface area contributed by atoms with Crippen LogP contribution in [-0.2, 0) is 11.3 Å². The first kappa shape index (κ1) is 26.7. The number of pyridine rings is 1. The zero-order valence-corrected chi connectivity index (χ0v) is 23.1. The molecule has 1 atom stereocenters. The summed E-state index contributed by atoms with van der Waals surface area (Å²) < 4.78 is 0. The van der Waals surface area contributed by atoms with Crippen LogP contribution in [0, 0.1) is 13.8 Å². The Kier molecular flexibility index (Phi) is 8.48. The molecule has 0 aromatic carbocycles. The van der Waals surface area contributed by atoms with Gasteiger partial charge >= 0.3 is 0 Å². The molecule has 1 saturated carbocycles. The number of carbonyl (C=O) groups is 1. The fraction of sp³-hybridized carbons (Fsp3) is 0.444. The van der Waals surface area contributed by atoms with Gasteiger partial charge in [-0.05, 0) is 57.9 Å². The molecule has 9 nitrogen and oxygen atoms in total. The van der Waals surface area contributed by atoms with Crippen molar-refractivity contribution in [2.45, 2.75) is 70.5 Å². The third-order valence-corrected chi connectivity index (χ3v) is 7.37. The number of nitrogens with zero attached hydrogens (tertiary/aromatic N) is 7. The first-order valence-electron chi connectivity index (χ1n) is 12.5. The fourth-order valence-electron chi connectivity index (χ4n) is 4.02. The van der Waals surface area contributed by atoms with Crippen LogP contribution in [0.5, 0.6) is 0 Å². The van der Waals surface area contributed by atoms with E-state index >= 15 is 0 Å².